The molecule has 38 heavy (non-hydrogen) atoms. The number of fused-ring (bicyclic) bond motifs is 1. The van der Waals surface area contributed by atoms with Gasteiger partial charge in [0.15, 0.2) is 5.78 Å². The topological polar surface area (TPSA) is 88.2 Å². The number of likely N-dealkylation sites (tertiary alicyclic amines) is 2. The number of ether oxygens (including phenoxy) is 2. The van der Waals surface area contributed by atoms with Gasteiger partial charge in [0, 0.05) is 12.7 Å². The van der Waals surface area contributed by atoms with Crippen molar-refractivity contribution in [2.45, 2.75) is 88.5 Å². The van der Waals surface area contributed by atoms with Crippen LogP contribution in [0.15, 0.2) is 24.3 Å². The zero-order chi connectivity index (χ0) is 26.6. The van der Waals surface area contributed by atoms with Crippen LogP contribution in [0.2, 0.25) is 0 Å². The fourth-order valence-electron chi connectivity index (χ4n) is 7.01. The second-order valence-electron chi connectivity index (χ2n) is 11.5. The molecule has 0 unspecified atom stereocenters. The standard InChI is InChI=1S/C30H43N3O5/c1-3-15-32-16-13-21(14-17-32)20-9-11-23(12-10-20)29(35)31-26(22-7-5-4-6-8-22)30(36)33-18-25(37-2)28-27(33)24(34)19-38-28/h9-12,21-22,25-28H,3-8,13-19H2,1-2H3,(H,31,35)/t25-,26+,27-,28-/m1/s1. The number of carbonyl (C=O) groups excluding carboxylic acids is 3. The molecule has 0 aromatic heterocycles. The van der Waals surface area contributed by atoms with Crippen molar-refractivity contribution < 1.29 is 23.9 Å². The van der Waals surface area contributed by atoms with Gasteiger partial charge in [-0.15, -0.1) is 0 Å². The van der Waals surface area contributed by atoms with Gasteiger partial charge in [0.1, 0.15) is 30.9 Å². The van der Waals surface area contributed by atoms with Crippen molar-refractivity contribution in [1.82, 2.24) is 15.1 Å². The SMILES string of the molecule is CCCN1CCC(c2ccc(C(=O)N[C@H](C(=O)N3C[C@@H](OC)[C@H]4OCC(=O)[C@H]43)C3CCCCC3)cc2)CC1. The van der Waals surface area contributed by atoms with Gasteiger partial charge < -0.3 is 24.6 Å². The van der Waals surface area contributed by atoms with Gasteiger partial charge in [0.2, 0.25) is 5.91 Å². The lowest BCUT2D eigenvalue weighted by Gasteiger charge is -2.34. The number of hydrogen-bond donors (Lipinski definition) is 1. The molecule has 8 nitrogen and oxygen atoms in total. The summed E-state index contributed by atoms with van der Waals surface area (Å²) in [7, 11) is 1.58. The van der Waals surface area contributed by atoms with Gasteiger partial charge in [-0.2, -0.15) is 0 Å². The van der Waals surface area contributed by atoms with Crippen molar-refractivity contribution >= 4 is 17.6 Å². The highest BCUT2D eigenvalue weighted by Gasteiger charge is 2.54. The molecule has 4 aliphatic rings. The van der Waals surface area contributed by atoms with Gasteiger partial charge in [-0.25, -0.2) is 0 Å². The Morgan fingerprint density at radius 2 is 1.79 bits per heavy atom. The largest absolute Gasteiger partial charge is 0.377 e. The molecule has 1 saturated carbocycles. The van der Waals surface area contributed by atoms with Crippen LogP contribution < -0.4 is 5.32 Å². The third kappa shape index (κ3) is 5.68. The van der Waals surface area contributed by atoms with Gasteiger partial charge in [0.25, 0.3) is 5.91 Å². The Hall–Kier alpha value is -2.29. The number of amides is 2. The van der Waals surface area contributed by atoms with Crippen LogP contribution in [0, 0.1) is 5.92 Å². The van der Waals surface area contributed by atoms with Gasteiger partial charge >= 0.3 is 0 Å². The number of carbonyl (C=O) groups is 3. The Kier molecular flexibility index (Phi) is 8.81. The second-order valence-corrected chi connectivity index (χ2v) is 11.5. The Labute approximate surface area is 226 Å². The second kappa shape index (κ2) is 12.3. The summed E-state index contributed by atoms with van der Waals surface area (Å²) >= 11 is 0. The summed E-state index contributed by atoms with van der Waals surface area (Å²) < 4.78 is 11.2. The number of rotatable bonds is 8. The summed E-state index contributed by atoms with van der Waals surface area (Å²) in [6.07, 6.45) is 7.75. The molecule has 2 amide bonds. The van der Waals surface area contributed by atoms with E-state index in [0.717, 1.165) is 58.0 Å². The normalized spacial score (nSPS) is 27.9. The first-order valence-corrected chi connectivity index (χ1v) is 14.6. The van der Waals surface area contributed by atoms with E-state index in [-0.39, 0.29) is 36.2 Å². The quantitative estimate of drug-likeness (QED) is 0.561. The van der Waals surface area contributed by atoms with Gasteiger partial charge in [0.05, 0.1) is 6.54 Å². The van der Waals surface area contributed by atoms with Crippen molar-refractivity contribution in [3.63, 3.8) is 0 Å². The van der Waals surface area contributed by atoms with E-state index in [9.17, 15) is 14.4 Å². The van der Waals surface area contributed by atoms with Crippen LogP contribution in [-0.2, 0) is 19.1 Å². The lowest BCUT2D eigenvalue weighted by atomic mass is 9.83. The average Bonchev–Trinajstić information content (AvgIpc) is 3.52. The molecule has 0 bridgehead atoms. The summed E-state index contributed by atoms with van der Waals surface area (Å²) in [6.45, 7) is 5.95. The minimum absolute atomic E-state index is 0.00338. The third-order valence-corrected chi connectivity index (χ3v) is 9.17. The summed E-state index contributed by atoms with van der Waals surface area (Å²) in [6, 6.07) is 6.66. The van der Waals surface area contributed by atoms with E-state index >= 15 is 0 Å². The number of nitrogens with one attached hydrogen (secondary N) is 1. The minimum atomic E-state index is -0.657. The third-order valence-electron chi connectivity index (χ3n) is 9.17. The van der Waals surface area contributed by atoms with E-state index in [2.05, 4.69) is 29.3 Å². The van der Waals surface area contributed by atoms with Crippen LogP contribution in [0.4, 0.5) is 0 Å². The predicted molar refractivity (Wildman–Crippen MR) is 144 cm³/mol. The Morgan fingerprint density at radius 1 is 1.08 bits per heavy atom. The molecule has 8 heteroatoms. The van der Waals surface area contributed by atoms with Gasteiger partial charge in [-0.3, -0.25) is 14.4 Å². The molecule has 0 radical (unpaired) electrons. The van der Waals surface area contributed by atoms with E-state index in [0.29, 0.717) is 18.0 Å². The molecule has 1 aromatic carbocycles. The summed E-state index contributed by atoms with van der Waals surface area (Å²) in [5.41, 5.74) is 1.85. The number of hydrogen-bond acceptors (Lipinski definition) is 6. The summed E-state index contributed by atoms with van der Waals surface area (Å²) in [5.74, 6) is 0.0816. The molecule has 5 rings (SSSR count). The predicted octanol–water partition coefficient (Wildman–Crippen LogP) is 3.15. The van der Waals surface area contributed by atoms with Crippen LogP contribution >= 0.6 is 0 Å². The van der Waals surface area contributed by atoms with Crippen molar-refractivity contribution in [1.29, 1.82) is 0 Å². The Morgan fingerprint density at radius 3 is 2.45 bits per heavy atom. The van der Waals surface area contributed by atoms with Crippen LogP contribution in [0.25, 0.3) is 0 Å². The molecule has 208 valence electrons. The smallest absolute Gasteiger partial charge is 0.251 e. The number of piperidine rings is 1. The molecular formula is C30H43N3O5. The molecule has 3 heterocycles. The van der Waals surface area contributed by atoms with Gasteiger partial charge in [-0.1, -0.05) is 38.3 Å². The highest BCUT2D eigenvalue weighted by molar-refractivity contribution is 5.99. The molecule has 1 aliphatic carbocycles. The number of methoxy groups -OCH3 is 1. The van der Waals surface area contributed by atoms with E-state index in [4.69, 9.17) is 9.47 Å². The van der Waals surface area contributed by atoms with Crippen molar-refractivity contribution in [2.24, 2.45) is 5.92 Å². The molecule has 1 aromatic rings. The monoisotopic (exact) mass is 525 g/mol. The molecule has 1 N–H and O–H groups in total. The number of nitrogens with zero attached hydrogens (tertiary/aromatic N) is 2. The maximum absolute atomic E-state index is 13.9. The minimum Gasteiger partial charge on any atom is -0.377 e. The first-order valence-electron chi connectivity index (χ1n) is 14.6. The van der Waals surface area contributed by atoms with Crippen LogP contribution in [-0.4, -0.2) is 91.6 Å². The van der Waals surface area contributed by atoms with E-state index in [1.165, 1.54) is 18.5 Å². The highest BCUT2D eigenvalue weighted by atomic mass is 16.5. The van der Waals surface area contributed by atoms with Gasteiger partial charge in [-0.05, 0) is 81.3 Å². The number of Topliss-reactive ketones (excluding diaryl/α,β-unsaturated/α-hetero) is 1. The zero-order valence-corrected chi connectivity index (χ0v) is 22.9. The maximum atomic E-state index is 13.9. The molecule has 3 aliphatic heterocycles. The lowest BCUT2D eigenvalue weighted by molar-refractivity contribution is -0.139. The maximum Gasteiger partial charge on any atom is 0.251 e. The highest BCUT2D eigenvalue weighted by Crippen LogP contribution is 2.33. The Balaban J connectivity index is 1.28. The fourth-order valence-corrected chi connectivity index (χ4v) is 7.01. The first kappa shape index (κ1) is 27.3. The average molecular weight is 526 g/mol. The number of ketones is 1. The molecule has 4 fully saturated rings. The van der Waals surface area contributed by atoms with Crippen molar-refractivity contribution in [2.75, 3.05) is 39.9 Å². The van der Waals surface area contributed by atoms with Crippen LogP contribution in [0.3, 0.4) is 0 Å². The van der Waals surface area contributed by atoms with Crippen molar-refractivity contribution in [3.05, 3.63) is 35.4 Å². The lowest BCUT2D eigenvalue weighted by Crippen LogP contribution is -2.55. The first-order chi connectivity index (χ1) is 18.5. The summed E-state index contributed by atoms with van der Waals surface area (Å²) in [4.78, 5) is 44.1. The van der Waals surface area contributed by atoms with Crippen LogP contribution in [0.5, 0.6) is 0 Å². The molecule has 0 spiro atoms. The molecule has 3 saturated heterocycles. The zero-order valence-electron chi connectivity index (χ0n) is 22.9. The van der Waals surface area contributed by atoms with Crippen molar-refractivity contribution in [3.8, 4) is 0 Å². The van der Waals surface area contributed by atoms with E-state index in [1.54, 1.807) is 12.0 Å². The Bertz CT molecular complexity index is 984. The molecular weight excluding hydrogens is 482 g/mol. The van der Waals surface area contributed by atoms with Crippen LogP contribution in [0.1, 0.15) is 80.1 Å². The fraction of sp³-hybridized carbons (Fsp3) is 0.700. The van der Waals surface area contributed by atoms with E-state index < -0.39 is 18.2 Å². The molecule has 4 atom stereocenters. The number of benzene rings is 1. The van der Waals surface area contributed by atoms with E-state index in [1.807, 2.05) is 12.1 Å². The summed E-state index contributed by atoms with van der Waals surface area (Å²) in [5, 5.41) is 3.10.